The molecule has 33 heavy (non-hydrogen) atoms. The minimum absolute atomic E-state index is 0.163. The van der Waals surface area contributed by atoms with Crippen LogP contribution in [0.15, 0.2) is 77.8 Å². The van der Waals surface area contributed by atoms with Gasteiger partial charge in [0.25, 0.3) is 5.91 Å². The lowest BCUT2D eigenvalue weighted by atomic mass is 10.1. The maximum absolute atomic E-state index is 12.7. The molecule has 7 nitrogen and oxygen atoms in total. The summed E-state index contributed by atoms with van der Waals surface area (Å²) >= 11 is 0. The Labute approximate surface area is 194 Å². The Morgan fingerprint density at radius 3 is 2.64 bits per heavy atom. The van der Waals surface area contributed by atoms with Gasteiger partial charge in [-0.1, -0.05) is 36.4 Å². The van der Waals surface area contributed by atoms with Crippen LogP contribution in [0.4, 0.5) is 5.82 Å². The van der Waals surface area contributed by atoms with Crippen molar-refractivity contribution in [1.29, 1.82) is 0 Å². The number of morpholine rings is 1. The number of hydrogen-bond donors (Lipinski definition) is 1. The zero-order chi connectivity index (χ0) is 23.3. The normalized spacial score (nSPS) is 16.4. The molecule has 1 aromatic heterocycles. The van der Waals surface area contributed by atoms with Crippen LogP contribution in [0.1, 0.15) is 28.4 Å². The summed E-state index contributed by atoms with van der Waals surface area (Å²) in [6.45, 7) is 4.68. The Morgan fingerprint density at radius 1 is 1.09 bits per heavy atom. The zero-order valence-electron chi connectivity index (χ0n) is 18.5. The fraction of sp³-hybridized carbons (Fsp3) is 0.280. The summed E-state index contributed by atoms with van der Waals surface area (Å²) < 4.78 is 30.8. The summed E-state index contributed by atoms with van der Waals surface area (Å²) in [5.41, 5.74) is 1.87. The number of sulfone groups is 1. The number of hydrogen-bond acceptors (Lipinski definition) is 6. The Hall–Kier alpha value is -3.23. The number of pyridine rings is 1. The molecule has 0 bridgehead atoms. The molecule has 0 aliphatic carbocycles. The molecule has 8 heteroatoms. The van der Waals surface area contributed by atoms with Crippen LogP contribution in [-0.4, -0.2) is 45.1 Å². The lowest BCUT2D eigenvalue weighted by molar-refractivity contribution is 0.0529. The number of benzene rings is 2. The molecule has 1 N–H and O–H groups in total. The van der Waals surface area contributed by atoms with Crippen molar-refractivity contribution < 1.29 is 17.9 Å². The van der Waals surface area contributed by atoms with Crippen molar-refractivity contribution in [3.8, 4) is 0 Å². The van der Waals surface area contributed by atoms with E-state index in [-0.39, 0.29) is 22.7 Å². The number of aromatic nitrogens is 1. The Morgan fingerprint density at radius 2 is 1.91 bits per heavy atom. The summed E-state index contributed by atoms with van der Waals surface area (Å²) in [6, 6.07) is 18.9. The molecule has 3 aromatic rings. The number of carbonyl (C=O) groups is 1. The lowest BCUT2D eigenvalue weighted by Crippen LogP contribution is -2.41. The van der Waals surface area contributed by atoms with Crippen molar-refractivity contribution in [3.05, 3.63) is 89.6 Å². The van der Waals surface area contributed by atoms with Crippen LogP contribution < -0.4 is 10.2 Å². The third kappa shape index (κ3) is 5.97. The van der Waals surface area contributed by atoms with Crippen LogP contribution in [0.2, 0.25) is 0 Å². The van der Waals surface area contributed by atoms with Crippen LogP contribution in [0.25, 0.3) is 0 Å². The second-order valence-corrected chi connectivity index (χ2v) is 10.1. The molecular formula is C25H27N3O4S. The maximum Gasteiger partial charge on any atom is 0.251 e. The molecule has 1 unspecified atom stereocenters. The molecule has 0 radical (unpaired) electrons. The van der Waals surface area contributed by atoms with Gasteiger partial charge in [-0.3, -0.25) is 4.79 Å². The van der Waals surface area contributed by atoms with E-state index in [2.05, 4.69) is 15.2 Å². The van der Waals surface area contributed by atoms with E-state index in [1.165, 1.54) is 0 Å². The Balaban J connectivity index is 1.36. The number of rotatable bonds is 7. The van der Waals surface area contributed by atoms with Gasteiger partial charge in [-0.15, -0.1) is 0 Å². The monoisotopic (exact) mass is 465 g/mol. The molecule has 1 amide bonds. The molecule has 4 rings (SSSR count). The molecule has 0 spiro atoms. The highest BCUT2D eigenvalue weighted by Crippen LogP contribution is 2.18. The summed E-state index contributed by atoms with van der Waals surface area (Å²) in [5, 5.41) is 2.88. The second-order valence-electron chi connectivity index (χ2n) is 8.11. The van der Waals surface area contributed by atoms with Gasteiger partial charge in [0.05, 0.1) is 23.4 Å². The molecule has 2 aromatic carbocycles. The third-order valence-corrected chi connectivity index (χ3v) is 7.18. The van der Waals surface area contributed by atoms with Crippen molar-refractivity contribution in [2.45, 2.75) is 30.2 Å². The molecule has 1 aliphatic heterocycles. The standard InChI is InChI=1S/C25H27N3O4S/c1-19-17-28(12-13-32-19)24-11-10-21(15-26-24)16-27-25(29)22-7-5-6-20(14-22)18-33(30,31)23-8-3-2-4-9-23/h2-11,14-15,19H,12-13,16-18H2,1H3,(H,27,29). The lowest BCUT2D eigenvalue weighted by Gasteiger charge is -2.32. The molecule has 172 valence electrons. The first-order valence-corrected chi connectivity index (χ1v) is 12.5. The molecule has 1 saturated heterocycles. The first-order chi connectivity index (χ1) is 15.9. The average molecular weight is 466 g/mol. The van der Waals surface area contributed by atoms with E-state index in [1.54, 1.807) is 60.8 Å². The molecule has 1 fully saturated rings. The van der Waals surface area contributed by atoms with Crippen molar-refractivity contribution in [2.75, 3.05) is 24.6 Å². The van der Waals surface area contributed by atoms with E-state index in [4.69, 9.17) is 4.74 Å². The van der Waals surface area contributed by atoms with Gasteiger partial charge in [-0.25, -0.2) is 13.4 Å². The van der Waals surface area contributed by atoms with Gasteiger partial charge in [0.2, 0.25) is 0 Å². The van der Waals surface area contributed by atoms with E-state index in [9.17, 15) is 13.2 Å². The summed E-state index contributed by atoms with van der Waals surface area (Å²) in [4.78, 5) is 19.6. The summed E-state index contributed by atoms with van der Waals surface area (Å²) in [5.74, 6) is 0.469. The number of carbonyl (C=O) groups excluding carboxylic acids is 1. The van der Waals surface area contributed by atoms with Gasteiger partial charge in [0, 0.05) is 31.4 Å². The van der Waals surface area contributed by atoms with Crippen LogP contribution in [0, 0.1) is 0 Å². The number of nitrogens with one attached hydrogen (secondary N) is 1. The van der Waals surface area contributed by atoms with Crippen LogP contribution in [0.5, 0.6) is 0 Å². The average Bonchev–Trinajstić information content (AvgIpc) is 2.83. The highest BCUT2D eigenvalue weighted by atomic mass is 32.2. The van der Waals surface area contributed by atoms with E-state index in [0.717, 1.165) is 24.5 Å². The number of nitrogens with zero attached hydrogens (tertiary/aromatic N) is 2. The zero-order valence-corrected chi connectivity index (χ0v) is 19.3. The van der Waals surface area contributed by atoms with E-state index in [1.807, 2.05) is 19.1 Å². The number of amides is 1. The second kappa shape index (κ2) is 10.1. The van der Waals surface area contributed by atoms with Crippen molar-refractivity contribution in [2.24, 2.45) is 0 Å². The maximum atomic E-state index is 12.7. The van der Waals surface area contributed by atoms with Gasteiger partial charge in [0.1, 0.15) is 5.82 Å². The fourth-order valence-corrected chi connectivity index (χ4v) is 5.11. The van der Waals surface area contributed by atoms with E-state index >= 15 is 0 Å². The smallest absolute Gasteiger partial charge is 0.251 e. The predicted octanol–water partition coefficient (Wildman–Crippen LogP) is 3.21. The molecule has 1 aliphatic rings. The SMILES string of the molecule is CC1CN(c2ccc(CNC(=O)c3cccc(CS(=O)(=O)c4ccccc4)c3)cn2)CCO1. The minimum Gasteiger partial charge on any atom is -0.375 e. The quantitative estimate of drug-likeness (QED) is 0.577. The third-order valence-electron chi connectivity index (χ3n) is 5.48. The first kappa shape index (κ1) is 22.9. The van der Waals surface area contributed by atoms with Crippen molar-refractivity contribution in [3.63, 3.8) is 0 Å². The highest BCUT2D eigenvalue weighted by Gasteiger charge is 2.18. The van der Waals surface area contributed by atoms with Crippen molar-refractivity contribution in [1.82, 2.24) is 10.3 Å². The van der Waals surface area contributed by atoms with Gasteiger partial charge in [0.15, 0.2) is 9.84 Å². The molecule has 0 saturated carbocycles. The molecule has 2 heterocycles. The van der Waals surface area contributed by atoms with Crippen LogP contribution in [-0.2, 0) is 26.9 Å². The summed E-state index contributed by atoms with van der Waals surface area (Å²) in [6.07, 6.45) is 1.94. The van der Waals surface area contributed by atoms with E-state index in [0.29, 0.717) is 24.3 Å². The number of anilines is 1. The minimum atomic E-state index is -3.48. The fourth-order valence-electron chi connectivity index (χ4n) is 3.75. The Kier molecular flexibility index (Phi) is 7.05. The highest BCUT2D eigenvalue weighted by molar-refractivity contribution is 7.90. The van der Waals surface area contributed by atoms with Gasteiger partial charge in [-0.05, 0) is 48.4 Å². The van der Waals surface area contributed by atoms with Crippen LogP contribution >= 0.6 is 0 Å². The molecular weight excluding hydrogens is 438 g/mol. The van der Waals surface area contributed by atoms with Gasteiger partial charge < -0.3 is 15.0 Å². The van der Waals surface area contributed by atoms with Crippen molar-refractivity contribution >= 4 is 21.6 Å². The van der Waals surface area contributed by atoms with Gasteiger partial charge in [-0.2, -0.15) is 0 Å². The summed E-state index contributed by atoms with van der Waals surface area (Å²) in [7, 11) is -3.48. The van der Waals surface area contributed by atoms with Crippen LogP contribution in [0.3, 0.4) is 0 Å². The molecule has 1 atom stereocenters. The van der Waals surface area contributed by atoms with Gasteiger partial charge >= 0.3 is 0 Å². The predicted molar refractivity (Wildman–Crippen MR) is 127 cm³/mol. The Bertz CT molecular complexity index is 1200. The number of ether oxygens (including phenoxy) is 1. The van der Waals surface area contributed by atoms with E-state index < -0.39 is 9.84 Å². The largest absolute Gasteiger partial charge is 0.375 e. The first-order valence-electron chi connectivity index (χ1n) is 10.9. The topological polar surface area (TPSA) is 88.6 Å².